The van der Waals surface area contributed by atoms with Gasteiger partial charge in [0.1, 0.15) is 11.8 Å². The summed E-state index contributed by atoms with van der Waals surface area (Å²) in [6.07, 6.45) is 0. The number of rotatable bonds is 6. The van der Waals surface area contributed by atoms with E-state index in [1.807, 2.05) is 60.5 Å². The van der Waals surface area contributed by atoms with E-state index in [-0.39, 0.29) is 0 Å². The first-order chi connectivity index (χ1) is 12.5. The summed E-state index contributed by atoms with van der Waals surface area (Å²) in [4.78, 5) is 26.2. The highest BCUT2D eigenvalue weighted by atomic mass is 79.9. The number of amides is 3. The molecule has 0 aliphatic carbocycles. The van der Waals surface area contributed by atoms with Gasteiger partial charge < -0.3 is 10.1 Å². The topological polar surface area (TPSA) is 70.7 Å². The first-order valence-corrected chi connectivity index (χ1v) is 8.85. The van der Waals surface area contributed by atoms with Crippen LogP contribution in [0, 0.1) is 0 Å². The number of halogens is 1. The molecule has 2 rings (SSSR count). The van der Waals surface area contributed by atoms with E-state index < -0.39 is 18.0 Å². The predicted octanol–water partition coefficient (Wildman–Crippen LogP) is 3.09. The smallest absolute Gasteiger partial charge is 0.321 e. The molecule has 2 aromatic carbocycles. The predicted molar refractivity (Wildman–Crippen MR) is 104 cm³/mol. The monoisotopic (exact) mass is 419 g/mol. The maximum absolute atomic E-state index is 12.7. The molecular weight excluding hydrogens is 398 g/mol. The fourth-order valence-electron chi connectivity index (χ4n) is 2.71. The molecule has 0 saturated heterocycles. The molecule has 0 heterocycles. The van der Waals surface area contributed by atoms with Crippen molar-refractivity contribution >= 4 is 27.9 Å². The van der Waals surface area contributed by atoms with Crippen LogP contribution in [0.25, 0.3) is 0 Å². The molecule has 0 aliphatic heterocycles. The molecule has 0 fully saturated rings. The minimum Gasteiger partial charge on any atom is -0.496 e. The molecule has 0 bridgehead atoms. The van der Waals surface area contributed by atoms with Crippen molar-refractivity contribution in [2.45, 2.75) is 12.6 Å². The summed E-state index contributed by atoms with van der Waals surface area (Å²) in [5, 5.41) is 4.76. The van der Waals surface area contributed by atoms with Crippen LogP contribution < -0.4 is 15.4 Å². The standard InChI is InChI=1S/C19H22BrN3O3/c1-21-19(25)22-18(24)17(13-7-5-4-6-8-13)23(2)12-14-11-15(20)9-10-16(14)26-3/h4-11,17H,12H2,1-3H3,(H2,21,22,24,25)/t17-/m0/s1. The molecule has 6 nitrogen and oxygen atoms in total. The van der Waals surface area contributed by atoms with E-state index in [1.54, 1.807) is 7.11 Å². The lowest BCUT2D eigenvalue weighted by molar-refractivity contribution is -0.125. The fourth-order valence-corrected chi connectivity index (χ4v) is 3.12. The number of ether oxygens (including phenoxy) is 1. The molecule has 2 aromatic rings. The highest BCUT2D eigenvalue weighted by Crippen LogP contribution is 2.27. The number of imide groups is 1. The second kappa shape index (κ2) is 9.35. The van der Waals surface area contributed by atoms with Gasteiger partial charge in [0, 0.05) is 23.6 Å². The summed E-state index contributed by atoms with van der Waals surface area (Å²) in [6.45, 7) is 0.462. The third kappa shape index (κ3) is 5.06. The molecule has 0 aromatic heterocycles. The summed E-state index contributed by atoms with van der Waals surface area (Å²) in [7, 11) is 4.91. The maximum Gasteiger partial charge on any atom is 0.321 e. The lowest BCUT2D eigenvalue weighted by Crippen LogP contribution is -2.44. The number of carbonyl (C=O) groups is 2. The number of hydrogen-bond donors (Lipinski definition) is 2. The van der Waals surface area contributed by atoms with E-state index in [1.165, 1.54) is 7.05 Å². The normalized spacial score (nSPS) is 11.7. The average molecular weight is 420 g/mol. The number of nitrogens with one attached hydrogen (secondary N) is 2. The minimum absolute atomic E-state index is 0.396. The van der Waals surface area contributed by atoms with E-state index in [9.17, 15) is 9.59 Å². The Labute approximate surface area is 161 Å². The van der Waals surface area contributed by atoms with Gasteiger partial charge in [0.05, 0.1) is 7.11 Å². The lowest BCUT2D eigenvalue weighted by Gasteiger charge is -2.28. The molecule has 2 N–H and O–H groups in total. The Balaban J connectivity index is 2.31. The zero-order chi connectivity index (χ0) is 19.1. The summed E-state index contributed by atoms with van der Waals surface area (Å²) in [5.74, 6) is 0.339. The van der Waals surface area contributed by atoms with Crippen LogP contribution in [0.15, 0.2) is 53.0 Å². The van der Waals surface area contributed by atoms with Gasteiger partial charge in [-0.25, -0.2) is 4.79 Å². The SMILES string of the molecule is CNC(=O)NC(=O)[C@H](c1ccccc1)N(C)Cc1cc(Br)ccc1OC. The molecule has 0 unspecified atom stereocenters. The van der Waals surface area contributed by atoms with Crippen molar-refractivity contribution < 1.29 is 14.3 Å². The second-order valence-electron chi connectivity index (χ2n) is 5.75. The lowest BCUT2D eigenvalue weighted by atomic mass is 10.0. The first-order valence-electron chi connectivity index (χ1n) is 8.06. The van der Waals surface area contributed by atoms with Gasteiger partial charge in [-0.1, -0.05) is 46.3 Å². The second-order valence-corrected chi connectivity index (χ2v) is 6.67. The van der Waals surface area contributed by atoms with Crippen molar-refractivity contribution in [1.82, 2.24) is 15.5 Å². The number of urea groups is 1. The zero-order valence-corrected chi connectivity index (χ0v) is 16.5. The van der Waals surface area contributed by atoms with E-state index >= 15 is 0 Å². The van der Waals surface area contributed by atoms with Crippen LogP contribution in [0.1, 0.15) is 17.2 Å². The Morgan fingerprint density at radius 2 is 1.88 bits per heavy atom. The van der Waals surface area contributed by atoms with Crippen molar-refractivity contribution in [1.29, 1.82) is 0 Å². The maximum atomic E-state index is 12.7. The third-order valence-corrected chi connectivity index (χ3v) is 4.42. The summed E-state index contributed by atoms with van der Waals surface area (Å²) in [6, 6.07) is 13.9. The Bertz CT molecular complexity index is 768. The highest BCUT2D eigenvalue weighted by Gasteiger charge is 2.27. The number of nitrogens with zero attached hydrogens (tertiary/aromatic N) is 1. The summed E-state index contributed by atoms with van der Waals surface area (Å²) < 4.78 is 6.34. The van der Waals surface area contributed by atoms with Gasteiger partial charge in [-0.3, -0.25) is 15.0 Å². The van der Waals surface area contributed by atoms with E-state index in [4.69, 9.17) is 4.74 Å². The Kier molecular flexibility index (Phi) is 7.17. The molecule has 0 spiro atoms. The van der Waals surface area contributed by atoms with Gasteiger partial charge in [0.25, 0.3) is 0 Å². The summed E-state index contributed by atoms with van der Waals surface area (Å²) in [5.41, 5.74) is 1.73. The van der Waals surface area contributed by atoms with E-state index in [2.05, 4.69) is 26.6 Å². The summed E-state index contributed by atoms with van der Waals surface area (Å²) >= 11 is 3.46. The van der Waals surface area contributed by atoms with Crippen LogP contribution in [0.5, 0.6) is 5.75 Å². The van der Waals surface area contributed by atoms with Crippen LogP contribution >= 0.6 is 15.9 Å². The number of methoxy groups -OCH3 is 1. The van der Waals surface area contributed by atoms with Crippen molar-refractivity contribution in [3.63, 3.8) is 0 Å². The zero-order valence-electron chi connectivity index (χ0n) is 15.0. The number of hydrogen-bond acceptors (Lipinski definition) is 4. The van der Waals surface area contributed by atoms with Gasteiger partial charge in [-0.15, -0.1) is 0 Å². The van der Waals surface area contributed by atoms with Crippen molar-refractivity contribution in [2.75, 3.05) is 21.2 Å². The van der Waals surface area contributed by atoms with Crippen LogP contribution in [-0.2, 0) is 11.3 Å². The molecule has 7 heteroatoms. The fraction of sp³-hybridized carbons (Fsp3) is 0.263. The van der Waals surface area contributed by atoms with Gasteiger partial charge in [0.2, 0.25) is 5.91 Å². The van der Waals surface area contributed by atoms with Crippen molar-refractivity contribution in [2.24, 2.45) is 0 Å². The van der Waals surface area contributed by atoms with Crippen LogP contribution in [0.4, 0.5) is 4.79 Å². The van der Waals surface area contributed by atoms with Crippen molar-refractivity contribution in [3.05, 3.63) is 64.1 Å². The Hall–Kier alpha value is -2.38. The quantitative estimate of drug-likeness (QED) is 0.754. The van der Waals surface area contributed by atoms with E-state index in [0.717, 1.165) is 21.3 Å². The number of likely N-dealkylation sites (N-methyl/N-ethyl adjacent to an activating group) is 1. The molecule has 0 aliphatic rings. The molecule has 0 radical (unpaired) electrons. The van der Waals surface area contributed by atoms with Gasteiger partial charge in [-0.2, -0.15) is 0 Å². The van der Waals surface area contributed by atoms with Gasteiger partial charge >= 0.3 is 6.03 Å². The highest BCUT2D eigenvalue weighted by molar-refractivity contribution is 9.10. The molecule has 0 saturated carbocycles. The van der Waals surface area contributed by atoms with Crippen LogP contribution in [0.2, 0.25) is 0 Å². The molecule has 1 atom stereocenters. The molecule has 3 amide bonds. The molecule has 138 valence electrons. The first kappa shape index (κ1) is 19.9. The molecular formula is C19H22BrN3O3. The van der Waals surface area contributed by atoms with Crippen LogP contribution in [0.3, 0.4) is 0 Å². The van der Waals surface area contributed by atoms with E-state index in [0.29, 0.717) is 6.54 Å². The number of benzene rings is 2. The van der Waals surface area contributed by atoms with Gasteiger partial charge in [-0.05, 0) is 30.8 Å². The Morgan fingerprint density at radius 3 is 2.50 bits per heavy atom. The third-order valence-electron chi connectivity index (χ3n) is 3.93. The number of carbonyl (C=O) groups excluding carboxylic acids is 2. The van der Waals surface area contributed by atoms with Crippen molar-refractivity contribution in [3.8, 4) is 5.75 Å². The van der Waals surface area contributed by atoms with Crippen LogP contribution in [-0.4, -0.2) is 38.0 Å². The average Bonchev–Trinajstić information content (AvgIpc) is 2.62. The Morgan fingerprint density at radius 1 is 1.19 bits per heavy atom. The van der Waals surface area contributed by atoms with Gasteiger partial charge in [0.15, 0.2) is 0 Å². The minimum atomic E-state index is -0.628. The largest absolute Gasteiger partial charge is 0.496 e. The molecule has 26 heavy (non-hydrogen) atoms.